The molecule has 0 aromatic carbocycles. The molecule has 0 heterocycles. The molecular weight excluding hydrogens is 1430 g/mol. The summed E-state index contributed by atoms with van der Waals surface area (Å²) in [4.78, 5) is 73.4. The maximum Gasteiger partial charge on any atom is 0.472 e. The summed E-state index contributed by atoms with van der Waals surface area (Å²) in [6, 6.07) is 0. The van der Waals surface area contributed by atoms with Crippen molar-refractivity contribution in [2.75, 3.05) is 39.6 Å². The largest absolute Gasteiger partial charge is 0.472 e. The number of hydrogen-bond donors (Lipinski definition) is 3. The van der Waals surface area contributed by atoms with E-state index in [4.69, 9.17) is 37.0 Å². The number of carbonyl (C=O) groups excluding carboxylic acids is 4. The van der Waals surface area contributed by atoms with Crippen molar-refractivity contribution in [1.29, 1.82) is 0 Å². The first-order chi connectivity index (χ1) is 53.6. The predicted octanol–water partition coefficient (Wildman–Crippen LogP) is 28.3. The molecule has 17 nitrogen and oxygen atoms in total. The molecule has 0 amide bonds. The summed E-state index contributed by atoms with van der Waals surface area (Å²) in [6.07, 6.45) is 79.3. The Bertz CT molecular complexity index is 2080. The van der Waals surface area contributed by atoms with E-state index >= 15 is 0 Å². The van der Waals surface area contributed by atoms with Crippen molar-refractivity contribution in [3.8, 4) is 0 Å². The van der Waals surface area contributed by atoms with Gasteiger partial charge in [-0.2, -0.15) is 0 Å². The maximum atomic E-state index is 13.2. The predicted molar refractivity (Wildman–Crippen MR) is 455 cm³/mol. The third-order valence-corrected chi connectivity index (χ3v) is 23.8. The summed E-state index contributed by atoms with van der Waals surface area (Å²) in [5.41, 5.74) is 0. The van der Waals surface area contributed by atoms with E-state index in [1.165, 1.54) is 321 Å². The van der Waals surface area contributed by atoms with Crippen LogP contribution >= 0.6 is 15.6 Å². The van der Waals surface area contributed by atoms with E-state index in [9.17, 15) is 43.2 Å². The van der Waals surface area contributed by atoms with Crippen LogP contribution in [0.15, 0.2) is 0 Å². The summed E-state index contributed by atoms with van der Waals surface area (Å²) in [5.74, 6) is -1.25. The van der Waals surface area contributed by atoms with Crippen LogP contribution in [-0.4, -0.2) is 96.7 Å². The number of phosphoric acid groups is 2. The topological polar surface area (TPSA) is 237 Å². The van der Waals surface area contributed by atoms with E-state index < -0.39 is 97.5 Å². The summed E-state index contributed by atoms with van der Waals surface area (Å²) < 4.78 is 69.0. The summed E-state index contributed by atoms with van der Waals surface area (Å²) in [6.45, 7) is 7.44. The molecule has 0 aromatic heterocycles. The van der Waals surface area contributed by atoms with E-state index in [0.717, 1.165) is 95.8 Å². The van der Waals surface area contributed by atoms with Gasteiger partial charge in [0, 0.05) is 25.7 Å². The molecule has 3 unspecified atom stereocenters. The first-order valence-corrected chi connectivity index (χ1v) is 50.2. The van der Waals surface area contributed by atoms with Gasteiger partial charge in [-0.3, -0.25) is 37.3 Å². The van der Waals surface area contributed by atoms with Gasteiger partial charge in [-0.25, -0.2) is 9.13 Å². The van der Waals surface area contributed by atoms with Gasteiger partial charge < -0.3 is 33.8 Å². The number of hydrogen-bond acceptors (Lipinski definition) is 15. The Morgan fingerprint density at radius 1 is 0.255 bits per heavy atom. The highest BCUT2D eigenvalue weighted by molar-refractivity contribution is 7.47. The van der Waals surface area contributed by atoms with Crippen molar-refractivity contribution in [1.82, 2.24) is 0 Å². The normalized spacial score (nSPS) is 13.9. The third kappa shape index (κ3) is 82.6. The molecule has 0 spiro atoms. The molecule has 0 fully saturated rings. The minimum atomic E-state index is -4.97. The van der Waals surface area contributed by atoms with Gasteiger partial charge in [-0.15, -0.1) is 0 Å². The molecule has 6 atom stereocenters. The van der Waals surface area contributed by atoms with Crippen LogP contribution in [0.1, 0.15) is 497 Å². The van der Waals surface area contributed by atoms with Gasteiger partial charge in [0.1, 0.15) is 19.3 Å². The van der Waals surface area contributed by atoms with Crippen LogP contribution in [0.25, 0.3) is 0 Å². The molecule has 0 aliphatic rings. The fourth-order valence-corrected chi connectivity index (χ4v) is 15.9. The number of unbranched alkanes of at least 4 members (excludes halogenated alkanes) is 62. The summed E-state index contributed by atoms with van der Waals surface area (Å²) in [5, 5.41) is 10.7. The van der Waals surface area contributed by atoms with Crippen LogP contribution in [-0.2, 0) is 65.4 Å². The molecule has 0 bridgehead atoms. The zero-order chi connectivity index (χ0) is 80.4. The molecular formula is C91H178O17P2. The average Bonchev–Trinajstić information content (AvgIpc) is 0.900. The van der Waals surface area contributed by atoms with Crippen LogP contribution in [0.3, 0.4) is 0 Å². The van der Waals surface area contributed by atoms with Gasteiger partial charge in [0.25, 0.3) is 0 Å². The standard InChI is InChI=1S/C91H178O17P2/c1-6-10-13-16-19-22-25-27-29-31-33-35-37-39-41-46-50-55-60-65-70-75-89(94)102-81-87(108-90(95)76-71-66-61-56-51-47-42-40-38-36-34-32-30-28-26-23-20-17-14-11-7-2)83-106-110(99,100)104-79-85(92)78-103-109(97,98)105-82-86(80-101-88(93)74-69-64-59-54-24-21-18-15-12-8-3)107-91(96)77-72-67-62-57-52-48-44-43-45-49-53-58-63-68-73-84(5)9-4/h84-87,92H,6-83H2,1-5H3,(H,97,98)(H,99,100)/t84?,85-,86+,87+/m0/s1. The fraction of sp³-hybridized carbons (Fsp3) is 0.956. The number of aliphatic hydroxyl groups excluding tert-OH is 1. The van der Waals surface area contributed by atoms with Crippen molar-refractivity contribution in [2.24, 2.45) is 5.92 Å². The van der Waals surface area contributed by atoms with Crippen molar-refractivity contribution in [3.63, 3.8) is 0 Å². The molecule has 19 heteroatoms. The number of phosphoric ester groups is 2. The lowest BCUT2D eigenvalue weighted by Gasteiger charge is -2.21. The summed E-state index contributed by atoms with van der Waals surface area (Å²) in [7, 11) is -9.93. The van der Waals surface area contributed by atoms with Crippen LogP contribution in [0, 0.1) is 5.92 Å². The Balaban J connectivity index is 5.21. The maximum absolute atomic E-state index is 13.2. The van der Waals surface area contributed by atoms with Crippen molar-refractivity contribution in [2.45, 2.75) is 515 Å². The molecule has 110 heavy (non-hydrogen) atoms. The van der Waals surface area contributed by atoms with E-state index in [2.05, 4.69) is 34.6 Å². The average molecular weight is 1610 g/mol. The fourth-order valence-electron chi connectivity index (χ4n) is 14.3. The Kier molecular flexibility index (Phi) is 82.1. The molecule has 0 aliphatic carbocycles. The number of esters is 4. The second-order valence-electron chi connectivity index (χ2n) is 32.9. The highest BCUT2D eigenvalue weighted by atomic mass is 31.2. The number of carbonyl (C=O) groups is 4. The highest BCUT2D eigenvalue weighted by Crippen LogP contribution is 2.45. The second-order valence-corrected chi connectivity index (χ2v) is 35.8. The quantitative estimate of drug-likeness (QED) is 0.0222. The van der Waals surface area contributed by atoms with Crippen LogP contribution in [0.5, 0.6) is 0 Å². The SMILES string of the molecule is CCCCCCCCCCCCCCCCCCCCCCCC(=O)OC[C@H](COP(=O)(O)OC[C@@H](O)COP(=O)(O)OC[C@@H](COC(=O)CCCCCCCCCCCC)OC(=O)CCCCCCCCCCCCCCCCC(C)CC)OC(=O)CCCCCCCCCCCCCCCCCCCCCCC. The molecule has 0 saturated carbocycles. The van der Waals surface area contributed by atoms with Gasteiger partial charge in [0.05, 0.1) is 26.4 Å². The molecule has 0 aliphatic heterocycles. The van der Waals surface area contributed by atoms with Gasteiger partial charge >= 0.3 is 39.5 Å². The van der Waals surface area contributed by atoms with E-state index in [1.54, 1.807) is 0 Å². The van der Waals surface area contributed by atoms with Gasteiger partial charge in [0.2, 0.25) is 0 Å². The minimum absolute atomic E-state index is 0.108. The Morgan fingerprint density at radius 2 is 0.436 bits per heavy atom. The number of ether oxygens (including phenoxy) is 4. The lowest BCUT2D eigenvalue weighted by atomic mass is 9.99. The van der Waals surface area contributed by atoms with Gasteiger partial charge in [-0.05, 0) is 31.6 Å². The van der Waals surface area contributed by atoms with Crippen LogP contribution in [0.2, 0.25) is 0 Å². The van der Waals surface area contributed by atoms with Crippen molar-refractivity contribution in [3.05, 3.63) is 0 Å². The zero-order valence-electron chi connectivity index (χ0n) is 72.4. The summed E-state index contributed by atoms with van der Waals surface area (Å²) >= 11 is 0. The van der Waals surface area contributed by atoms with Crippen LogP contribution < -0.4 is 0 Å². The molecule has 0 aromatic rings. The Hall–Kier alpha value is -1.94. The third-order valence-electron chi connectivity index (χ3n) is 21.9. The lowest BCUT2D eigenvalue weighted by Crippen LogP contribution is -2.30. The minimum Gasteiger partial charge on any atom is -0.462 e. The zero-order valence-corrected chi connectivity index (χ0v) is 74.2. The van der Waals surface area contributed by atoms with Gasteiger partial charge in [-0.1, -0.05) is 446 Å². The molecule has 0 radical (unpaired) electrons. The molecule has 0 saturated heterocycles. The van der Waals surface area contributed by atoms with Gasteiger partial charge in [0.15, 0.2) is 12.2 Å². The second kappa shape index (κ2) is 83.5. The van der Waals surface area contributed by atoms with E-state index in [1.807, 2.05) is 0 Å². The highest BCUT2D eigenvalue weighted by Gasteiger charge is 2.31. The Morgan fingerprint density at radius 3 is 0.645 bits per heavy atom. The van der Waals surface area contributed by atoms with E-state index in [-0.39, 0.29) is 25.7 Å². The van der Waals surface area contributed by atoms with Crippen molar-refractivity contribution < 1.29 is 80.2 Å². The smallest absolute Gasteiger partial charge is 0.462 e. The van der Waals surface area contributed by atoms with E-state index in [0.29, 0.717) is 25.7 Å². The number of rotatable bonds is 91. The molecule has 0 rings (SSSR count). The monoisotopic (exact) mass is 1610 g/mol. The lowest BCUT2D eigenvalue weighted by molar-refractivity contribution is -0.161. The molecule has 654 valence electrons. The number of aliphatic hydroxyl groups is 1. The van der Waals surface area contributed by atoms with Crippen molar-refractivity contribution >= 4 is 39.5 Å². The van der Waals surface area contributed by atoms with Crippen LogP contribution in [0.4, 0.5) is 0 Å². The first-order valence-electron chi connectivity index (χ1n) is 47.2. The Labute approximate surface area is 677 Å². The molecule has 3 N–H and O–H groups in total. The first kappa shape index (κ1) is 108.